The Bertz CT molecular complexity index is 236. The molecule has 0 radical (unpaired) electrons. The Morgan fingerprint density at radius 2 is 2.12 bits per heavy atom. The first-order valence-electron chi connectivity index (χ1n) is 6.69. The highest BCUT2D eigenvalue weighted by molar-refractivity contribution is 6.76. The Hall–Kier alpha value is 0.217. The second kappa shape index (κ2) is 2.67. The molecule has 0 aliphatic heterocycles. The molecule has 0 aromatic heterocycles. The summed E-state index contributed by atoms with van der Waals surface area (Å²) in [6.07, 6.45) is 0. The monoisotopic (exact) mass is 138 g/mol. The molecule has 0 saturated heterocycles. The van der Waals surface area contributed by atoms with Crippen molar-refractivity contribution in [2.75, 3.05) is 0 Å². The molecule has 0 nitrogen and oxygen atoms in total. The summed E-state index contributed by atoms with van der Waals surface area (Å²) in [6, 6.07) is 0. The van der Waals surface area contributed by atoms with Crippen LogP contribution < -0.4 is 0 Å². The van der Waals surface area contributed by atoms with Crippen molar-refractivity contribution in [1.82, 2.24) is 0 Å². The Morgan fingerprint density at radius 3 is 2.25 bits per heavy atom. The third kappa shape index (κ3) is 6.22. The molecule has 0 atom stereocenters. The number of hydrogen-bond donors (Lipinski definition) is 0. The van der Waals surface area contributed by atoms with Gasteiger partial charge in [-0.1, -0.05) is 39.3 Å². The first-order valence-corrected chi connectivity index (χ1v) is 5.19. The van der Waals surface area contributed by atoms with Crippen LogP contribution in [0.2, 0.25) is 25.5 Å². The average Bonchev–Trinajstić information content (AvgIpc) is 1.97. The molecule has 1 heteroatoms. The van der Waals surface area contributed by atoms with E-state index in [9.17, 15) is 0 Å². The van der Waals surface area contributed by atoms with E-state index in [2.05, 4.69) is 0 Å². The molecule has 0 aliphatic rings. The molecular weight excluding hydrogens is 112 g/mol. The topological polar surface area (TPSA) is 0 Å². The molecular formula is C7H18Si. The lowest BCUT2D eigenvalue weighted by Crippen LogP contribution is -2.21. The van der Waals surface area contributed by atoms with E-state index in [1.165, 1.54) is 13.8 Å². The SMILES string of the molecule is [2H]C([2H])([2H])[Si](C)(C([2H])([2H])[2H])C([2H])([2H])C(C)C. The molecule has 0 bridgehead atoms. The molecule has 0 unspecified atom stereocenters. The van der Waals surface area contributed by atoms with Gasteiger partial charge in [0.2, 0.25) is 0 Å². The van der Waals surface area contributed by atoms with Gasteiger partial charge in [-0.25, -0.2) is 0 Å². The summed E-state index contributed by atoms with van der Waals surface area (Å²) in [7, 11) is -4.11. The highest BCUT2D eigenvalue weighted by Gasteiger charge is 2.13. The van der Waals surface area contributed by atoms with Gasteiger partial charge >= 0.3 is 0 Å². The van der Waals surface area contributed by atoms with Crippen LogP contribution in [0.3, 0.4) is 0 Å². The average molecular weight is 138 g/mol. The number of hydrogen-bond acceptors (Lipinski definition) is 0. The zero-order chi connectivity index (χ0) is 13.6. The molecule has 0 aromatic rings. The second-order valence-electron chi connectivity index (χ2n) is 2.42. The fourth-order valence-corrected chi connectivity index (χ4v) is 1.73. The van der Waals surface area contributed by atoms with Crippen LogP contribution in [0.5, 0.6) is 0 Å². The summed E-state index contributed by atoms with van der Waals surface area (Å²) in [5.74, 6) is -2.80. The lowest BCUT2D eigenvalue weighted by molar-refractivity contribution is 0.721. The van der Waals surface area contributed by atoms with Crippen molar-refractivity contribution in [3.63, 3.8) is 0 Å². The molecule has 0 fully saturated rings. The molecule has 0 amide bonds. The Labute approximate surface area is 65.5 Å². The molecule has 0 N–H and O–H groups in total. The molecule has 0 aromatic carbocycles. The largest absolute Gasteiger partial charge is 0.0695 e. The minimum Gasteiger partial charge on any atom is -0.0695 e. The van der Waals surface area contributed by atoms with Gasteiger partial charge in [0.1, 0.15) is 0 Å². The van der Waals surface area contributed by atoms with Gasteiger partial charge in [-0.05, 0) is 5.92 Å². The minimum atomic E-state index is -4.11. The fraction of sp³-hybridized carbons (Fsp3) is 1.00. The predicted octanol–water partition coefficient (Wildman–Crippen LogP) is 2.98. The van der Waals surface area contributed by atoms with Crippen molar-refractivity contribution in [2.45, 2.75) is 39.3 Å². The zero-order valence-corrected chi connectivity index (χ0v) is 6.58. The van der Waals surface area contributed by atoms with Crippen molar-refractivity contribution in [3.05, 3.63) is 0 Å². The van der Waals surface area contributed by atoms with Gasteiger partial charge in [0.05, 0.1) is 0 Å². The third-order valence-corrected chi connectivity index (χ3v) is 1.73. The first-order chi connectivity index (χ1) is 6.69. The van der Waals surface area contributed by atoms with E-state index in [-0.39, 0.29) is 0 Å². The molecule has 50 valence electrons. The van der Waals surface area contributed by atoms with Crippen LogP contribution in [0.4, 0.5) is 0 Å². The predicted molar refractivity (Wildman–Crippen MR) is 43.0 cm³/mol. The van der Waals surface area contributed by atoms with E-state index in [0.29, 0.717) is 0 Å². The van der Waals surface area contributed by atoms with Gasteiger partial charge in [0, 0.05) is 19.0 Å². The lowest BCUT2D eigenvalue weighted by atomic mass is 10.3. The van der Waals surface area contributed by atoms with Gasteiger partial charge in [-0.3, -0.25) is 0 Å². The third-order valence-electron chi connectivity index (χ3n) is 0.577. The summed E-state index contributed by atoms with van der Waals surface area (Å²) in [5.41, 5.74) is 0. The lowest BCUT2D eigenvalue weighted by Gasteiger charge is -2.17. The Kier molecular flexibility index (Phi) is 0.617. The number of rotatable bonds is 2. The van der Waals surface area contributed by atoms with Crippen LogP contribution in [0.15, 0.2) is 0 Å². The van der Waals surface area contributed by atoms with Crippen molar-refractivity contribution in [3.8, 4) is 0 Å². The standard InChI is InChI=1S/C7H18Si/c1-7(2)6-8(3,4)5/h7H,6H2,1-5H3/i3D3,4D3,6D2. The van der Waals surface area contributed by atoms with Crippen LogP contribution in [-0.2, 0) is 0 Å². The molecule has 0 heterocycles. The molecule has 0 spiro atoms. The van der Waals surface area contributed by atoms with E-state index in [0.717, 1.165) is 6.55 Å². The summed E-state index contributed by atoms with van der Waals surface area (Å²) in [5, 5.41) is 0. The van der Waals surface area contributed by atoms with Gasteiger partial charge in [-0.15, -0.1) is 0 Å². The highest BCUT2D eigenvalue weighted by Crippen LogP contribution is 2.14. The normalized spacial score (nSPS) is 32.5. The van der Waals surface area contributed by atoms with Crippen LogP contribution in [0.25, 0.3) is 0 Å². The van der Waals surface area contributed by atoms with Crippen molar-refractivity contribution < 1.29 is 11.0 Å². The van der Waals surface area contributed by atoms with Gasteiger partial charge in [-0.2, -0.15) is 0 Å². The summed E-state index contributed by atoms with van der Waals surface area (Å²) in [6.45, 7) is -1.34. The van der Waals surface area contributed by atoms with Gasteiger partial charge in [0.15, 0.2) is 0 Å². The minimum absolute atomic E-state index is 0.634. The second-order valence-corrected chi connectivity index (χ2v) is 4.96. The fourth-order valence-electron chi connectivity index (χ4n) is 0.577. The van der Waals surface area contributed by atoms with E-state index in [1.807, 2.05) is 0 Å². The maximum absolute atomic E-state index is 7.85. The van der Waals surface area contributed by atoms with Crippen LogP contribution in [-0.4, -0.2) is 8.07 Å². The molecule has 0 aliphatic carbocycles. The maximum atomic E-state index is 7.85. The Morgan fingerprint density at radius 1 is 1.62 bits per heavy atom. The van der Waals surface area contributed by atoms with Crippen molar-refractivity contribution >= 4 is 8.07 Å². The van der Waals surface area contributed by atoms with Crippen LogP contribution >= 0.6 is 0 Å². The zero-order valence-electron chi connectivity index (χ0n) is 13.6. The van der Waals surface area contributed by atoms with Gasteiger partial charge < -0.3 is 0 Å². The maximum Gasteiger partial charge on any atom is 0.0445 e. The van der Waals surface area contributed by atoms with Crippen LogP contribution in [0.1, 0.15) is 24.8 Å². The summed E-state index contributed by atoms with van der Waals surface area (Å²) >= 11 is 0. The van der Waals surface area contributed by atoms with Crippen molar-refractivity contribution in [2.24, 2.45) is 5.92 Å². The van der Waals surface area contributed by atoms with Crippen molar-refractivity contribution in [1.29, 1.82) is 0 Å². The summed E-state index contributed by atoms with van der Waals surface area (Å²) in [4.78, 5) is 0. The Balaban J connectivity index is 5.81. The highest BCUT2D eigenvalue weighted by atomic mass is 28.3. The van der Waals surface area contributed by atoms with Crippen LogP contribution in [0, 0.1) is 5.92 Å². The molecule has 0 saturated carbocycles. The van der Waals surface area contributed by atoms with E-state index in [4.69, 9.17) is 11.0 Å². The molecule has 0 rings (SSSR count). The summed E-state index contributed by atoms with van der Waals surface area (Å²) < 4.78 is 60.0. The smallest absolute Gasteiger partial charge is 0.0445 e. The first kappa shape index (κ1) is 1.85. The van der Waals surface area contributed by atoms with E-state index < -0.39 is 32.9 Å². The van der Waals surface area contributed by atoms with E-state index in [1.54, 1.807) is 0 Å². The van der Waals surface area contributed by atoms with Gasteiger partial charge in [0.25, 0.3) is 0 Å². The quantitative estimate of drug-likeness (QED) is 0.515. The molecule has 8 heavy (non-hydrogen) atoms. The van der Waals surface area contributed by atoms with E-state index >= 15 is 0 Å².